The van der Waals surface area contributed by atoms with Crippen molar-refractivity contribution in [3.63, 3.8) is 0 Å². The highest BCUT2D eigenvalue weighted by molar-refractivity contribution is 7.93. The molecule has 5 atom stereocenters. The number of rotatable bonds is 7. The molecule has 4 N–H and O–H groups in total. The molecule has 13 heteroatoms. The van der Waals surface area contributed by atoms with Gasteiger partial charge in [0.15, 0.2) is 6.54 Å². The summed E-state index contributed by atoms with van der Waals surface area (Å²) < 4.78 is 31.8. The van der Waals surface area contributed by atoms with Gasteiger partial charge in [-0.05, 0) is 42.9 Å². The minimum Gasteiger partial charge on any atom is -0.477 e. The van der Waals surface area contributed by atoms with Gasteiger partial charge in [0.2, 0.25) is 5.91 Å². The molecule has 0 aromatic heterocycles. The summed E-state index contributed by atoms with van der Waals surface area (Å²) in [6.45, 7) is 8.17. The van der Waals surface area contributed by atoms with Crippen molar-refractivity contribution in [1.29, 1.82) is 0 Å². The lowest BCUT2D eigenvalue weighted by atomic mass is 9.71. The number of carbonyl (C=O) groups excluding carboxylic acids is 2. The normalized spacial score (nSPS) is 34.9. The first-order chi connectivity index (χ1) is 21.4. The lowest BCUT2D eigenvalue weighted by Crippen LogP contribution is -2.75. The van der Waals surface area contributed by atoms with Crippen LogP contribution in [0.5, 0.6) is 0 Å². The standard InChI is InChI=1S/C32H37N5O7S/c1-18(38)26-29-21-5-3-7-23(28(21)30(32(41)42)34(29)31(26)40)35-22-6-2-4-20-19(8-9-24(27(20)22)45(35,43)44)16-36-10-13-37(14-11-36,15-12-36)17-25(33)39/h2,4,6,8-9,18,21,23,26,29,38H,3,5,7,10-17H2,1H3,(H-2,33,39,41,42)/p+2. The Labute approximate surface area is 261 Å². The van der Waals surface area contributed by atoms with Gasteiger partial charge < -0.3 is 29.8 Å². The Hall–Kier alpha value is -3.52. The smallest absolute Gasteiger partial charge is 0.352 e. The molecule has 0 radical (unpaired) electrons. The summed E-state index contributed by atoms with van der Waals surface area (Å²) in [4.78, 5) is 39.0. The van der Waals surface area contributed by atoms with E-state index in [0.717, 1.165) is 65.7 Å². The molecule has 1 aliphatic carbocycles. The molecule has 1 saturated carbocycles. The molecule has 5 unspecified atom stereocenters. The van der Waals surface area contributed by atoms with Crippen molar-refractivity contribution in [1.82, 2.24) is 4.90 Å². The summed E-state index contributed by atoms with van der Waals surface area (Å²) >= 11 is 0. The molecule has 4 saturated heterocycles. The second-order valence-corrected chi connectivity index (χ2v) is 15.9. The Morgan fingerprint density at radius 1 is 1.04 bits per heavy atom. The molecule has 2 amide bonds. The minimum absolute atomic E-state index is 0.118. The number of primary amides is 1. The molecule has 6 heterocycles. The van der Waals surface area contributed by atoms with E-state index in [2.05, 4.69) is 0 Å². The van der Waals surface area contributed by atoms with Gasteiger partial charge in [-0.1, -0.05) is 24.6 Å². The number of aliphatic hydroxyl groups is 1. The zero-order chi connectivity index (χ0) is 31.6. The number of quaternary nitrogens is 2. The molecular weight excluding hydrogens is 598 g/mol. The number of fused-ring (bicyclic) bond motifs is 6. The van der Waals surface area contributed by atoms with Gasteiger partial charge in [-0.3, -0.25) is 13.9 Å². The number of carboxylic acids is 1. The summed E-state index contributed by atoms with van der Waals surface area (Å²) in [7, 11) is -4.02. The Morgan fingerprint density at radius 3 is 2.38 bits per heavy atom. The third-order valence-corrected chi connectivity index (χ3v) is 13.7. The number of sulfonamides is 1. The molecule has 12 nitrogen and oxygen atoms in total. The van der Waals surface area contributed by atoms with E-state index in [1.807, 2.05) is 24.3 Å². The number of β-lactam (4-membered cyclic amide) rings is 1. The van der Waals surface area contributed by atoms with Crippen LogP contribution in [0.25, 0.3) is 10.8 Å². The van der Waals surface area contributed by atoms with Crippen LogP contribution in [0.4, 0.5) is 5.69 Å². The number of anilines is 1. The first kappa shape index (κ1) is 28.9. The van der Waals surface area contributed by atoms with Crippen molar-refractivity contribution in [2.45, 2.75) is 55.8 Å². The zero-order valence-electron chi connectivity index (χ0n) is 25.3. The van der Waals surface area contributed by atoms with Crippen LogP contribution < -0.4 is 10.0 Å². The first-order valence-electron chi connectivity index (χ1n) is 15.9. The molecule has 6 aliphatic heterocycles. The van der Waals surface area contributed by atoms with Crippen molar-refractivity contribution in [2.24, 2.45) is 17.6 Å². The average molecular weight is 638 g/mol. The molecule has 0 spiro atoms. The summed E-state index contributed by atoms with van der Waals surface area (Å²) in [5.41, 5.74) is 7.56. The molecule has 5 fully saturated rings. The van der Waals surface area contributed by atoms with E-state index < -0.39 is 46.0 Å². The molecule has 7 aliphatic rings. The van der Waals surface area contributed by atoms with Crippen LogP contribution >= 0.6 is 0 Å². The van der Waals surface area contributed by atoms with Crippen molar-refractivity contribution in [3.05, 3.63) is 47.2 Å². The van der Waals surface area contributed by atoms with Crippen molar-refractivity contribution < 1.29 is 42.0 Å². The second-order valence-electron chi connectivity index (χ2n) is 14.2. The quantitative estimate of drug-likeness (QED) is 0.298. The Bertz CT molecular complexity index is 1810. The lowest BCUT2D eigenvalue weighted by Gasteiger charge is -2.55. The Balaban J connectivity index is 1.18. The molecule has 238 valence electrons. The number of amides is 2. The molecule has 2 aromatic rings. The Morgan fingerprint density at radius 2 is 1.73 bits per heavy atom. The van der Waals surface area contributed by atoms with Crippen molar-refractivity contribution in [2.75, 3.05) is 50.1 Å². The SMILES string of the molecule is CC(O)C1C(=O)N2C(C(=O)O)=C3C(CCCC3N3c4cccc5c(C[N+]67CC[N+](CC(N)=O)(CC6)CC7)ccc(c45)S3(=O)=O)C12. The molecular formula is C32H39N5O7S+2. The average Bonchev–Trinajstić information content (AvgIpc) is 3.41. The topological polar surface area (TPSA) is 158 Å². The highest BCUT2D eigenvalue weighted by Gasteiger charge is 2.63. The van der Waals surface area contributed by atoms with Crippen LogP contribution in [0.2, 0.25) is 0 Å². The molecule has 9 rings (SSSR count). The van der Waals surface area contributed by atoms with Gasteiger partial charge in [-0.25, -0.2) is 13.2 Å². The van der Waals surface area contributed by atoms with E-state index in [1.54, 1.807) is 13.0 Å². The van der Waals surface area contributed by atoms with Crippen molar-refractivity contribution >= 4 is 44.3 Å². The van der Waals surface area contributed by atoms with Gasteiger partial charge in [0, 0.05) is 16.9 Å². The van der Waals surface area contributed by atoms with Gasteiger partial charge in [0.1, 0.15) is 51.5 Å². The second kappa shape index (κ2) is 9.50. The number of piperazine rings is 3. The van der Waals surface area contributed by atoms with E-state index in [0.29, 0.717) is 42.5 Å². The minimum atomic E-state index is -4.02. The van der Waals surface area contributed by atoms with E-state index in [1.165, 1.54) is 9.21 Å². The fourth-order valence-corrected chi connectivity index (χ4v) is 11.6. The van der Waals surface area contributed by atoms with E-state index in [9.17, 15) is 33.0 Å². The fraction of sp³-hybridized carbons (Fsp3) is 0.531. The fourth-order valence-electron chi connectivity index (χ4n) is 9.73. The largest absolute Gasteiger partial charge is 0.477 e. The van der Waals surface area contributed by atoms with E-state index in [4.69, 9.17) is 5.73 Å². The maximum absolute atomic E-state index is 14.4. The third kappa shape index (κ3) is 3.87. The number of aliphatic hydroxyl groups excluding tert-OH is 1. The summed E-state index contributed by atoms with van der Waals surface area (Å²) in [5, 5.41) is 22.3. The highest BCUT2D eigenvalue weighted by Crippen LogP contribution is 2.56. The van der Waals surface area contributed by atoms with Gasteiger partial charge in [0.05, 0.1) is 34.7 Å². The number of carbonyl (C=O) groups is 3. The lowest BCUT2D eigenvalue weighted by molar-refractivity contribution is -1.08. The first-order valence-corrected chi connectivity index (χ1v) is 17.4. The number of hydrogen-bond acceptors (Lipinski definition) is 6. The van der Waals surface area contributed by atoms with Crippen LogP contribution in [0, 0.1) is 11.8 Å². The van der Waals surface area contributed by atoms with E-state index >= 15 is 0 Å². The van der Waals surface area contributed by atoms with Gasteiger partial charge in [0.25, 0.3) is 15.9 Å². The molecule has 45 heavy (non-hydrogen) atoms. The highest BCUT2D eigenvalue weighted by atomic mass is 32.2. The maximum Gasteiger partial charge on any atom is 0.352 e. The van der Waals surface area contributed by atoms with Crippen molar-refractivity contribution in [3.8, 4) is 0 Å². The summed E-state index contributed by atoms with van der Waals surface area (Å²) in [6, 6.07) is 8.09. The Kier molecular flexibility index (Phi) is 6.11. The van der Waals surface area contributed by atoms with Gasteiger partial charge in [-0.15, -0.1) is 0 Å². The number of nitrogens with zero attached hydrogens (tertiary/aromatic N) is 4. The molecule has 2 aromatic carbocycles. The van der Waals surface area contributed by atoms with Crippen LogP contribution in [-0.4, -0.2) is 114 Å². The number of benzene rings is 2. The number of carboxylic acid groups (broad SMARTS) is 1. The summed E-state index contributed by atoms with van der Waals surface area (Å²) in [5.74, 6) is -2.94. The predicted octanol–water partition coefficient (Wildman–Crippen LogP) is 0.723. The maximum atomic E-state index is 14.4. The predicted molar refractivity (Wildman–Crippen MR) is 163 cm³/mol. The third-order valence-electron chi connectivity index (χ3n) is 11.9. The van der Waals surface area contributed by atoms with E-state index in [-0.39, 0.29) is 22.4 Å². The monoisotopic (exact) mass is 637 g/mol. The molecule has 2 bridgehead atoms. The summed E-state index contributed by atoms with van der Waals surface area (Å²) in [6.07, 6.45) is 0.828. The van der Waals surface area contributed by atoms with Crippen LogP contribution in [0.1, 0.15) is 31.7 Å². The number of nitrogens with two attached hydrogens (primary N) is 1. The van der Waals surface area contributed by atoms with Crippen LogP contribution in [-0.2, 0) is 31.0 Å². The van der Waals surface area contributed by atoms with Crippen LogP contribution in [0.3, 0.4) is 0 Å². The van der Waals surface area contributed by atoms with Crippen LogP contribution in [0.15, 0.2) is 46.5 Å². The zero-order valence-corrected chi connectivity index (χ0v) is 26.1. The van der Waals surface area contributed by atoms with Gasteiger partial charge >= 0.3 is 5.97 Å². The van der Waals surface area contributed by atoms with Gasteiger partial charge in [-0.2, -0.15) is 0 Å². The number of aliphatic carboxylic acids is 1. The number of hydrogen-bond donors (Lipinski definition) is 3.